The van der Waals surface area contributed by atoms with Gasteiger partial charge in [0.05, 0.1) is 0 Å². The Bertz CT molecular complexity index is 3580. The summed E-state index contributed by atoms with van der Waals surface area (Å²) >= 11 is 0. The molecule has 0 saturated carbocycles. The zero-order valence-corrected chi connectivity index (χ0v) is 42.9. The van der Waals surface area contributed by atoms with Crippen LogP contribution in [0.4, 0.5) is 34.6 Å². The number of para-hydroxylation sites is 2. The zero-order chi connectivity index (χ0) is 51.1. The van der Waals surface area contributed by atoms with Gasteiger partial charge < -0.3 is 0 Å². The highest BCUT2D eigenvalue weighted by Crippen LogP contribution is 2.53. The van der Waals surface area contributed by atoms with Crippen molar-refractivity contribution in [1.29, 1.82) is 0 Å². The average molecular weight is 971 g/mol. The molecule has 0 fully saturated rings. The van der Waals surface area contributed by atoms with E-state index in [1.165, 1.54) is 89.0 Å². The first kappa shape index (κ1) is 45.7. The van der Waals surface area contributed by atoms with Gasteiger partial charge in [-0.2, -0.15) is 0 Å². The Morgan fingerprint density at radius 3 is 0.853 bits per heavy atom. The fourth-order valence-electron chi connectivity index (χ4n) is 11.9. The predicted molar refractivity (Wildman–Crippen MR) is 306 cm³/mol. The maximum atomic E-state index is 4.54. The van der Waals surface area contributed by atoms with Crippen molar-refractivity contribution in [2.75, 3.05) is 9.80 Å². The van der Waals surface area contributed by atoms with E-state index in [2.05, 4.69) is 239 Å². The summed E-state index contributed by atoms with van der Waals surface area (Å²) in [6.07, 6.45) is 15.2. The first-order valence-electron chi connectivity index (χ1n) is 25.6. The summed E-state index contributed by atoms with van der Waals surface area (Å²) < 4.78 is 0. The lowest BCUT2D eigenvalue weighted by atomic mass is 9.81. The lowest BCUT2D eigenvalue weighted by Gasteiger charge is -2.26. The first-order valence-corrected chi connectivity index (χ1v) is 25.6. The standard InChI is InChI=1S/C67H54N8/c1-65(2)57-33-43(17-19-45-23-29-53-55-31-25-49(37-61(55)66(3,4)59(53)35-45)74(47-13-9-7-10-14-47)63-70-39-68-40-71-63)21-27-51(57)52-28-22-44(34-58(52)65)18-20-46-24-30-54-56-32-26-50(38-62(56)67(5,6)60(54)36-46)75(48-15-11-8-12-16-48)64-72-41-69-42-73-64/h7-42H,1-6H3. The van der Waals surface area contributed by atoms with Crippen molar-refractivity contribution in [2.24, 2.45) is 0 Å². The van der Waals surface area contributed by atoms with Gasteiger partial charge in [0.15, 0.2) is 0 Å². The monoisotopic (exact) mass is 970 g/mol. The van der Waals surface area contributed by atoms with Gasteiger partial charge in [-0.25, -0.2) is 29.9 Å². The SMILES string of the molecule is CC1(C)c2cc(C=Cc3ccc4c(c3)C(C)(C)c3cc(N(c5ccccc5)c5ncncn5)ccc3-4)ccc2-c2ccc(C=Cc3ccc4c(c3)C(C)(C)c3cc(N(c5ccccc5)c5ncncn5)ccc3-4)cc21. The van der Waals surface area contributed by atoms with Crippen LogP contribution in [0.5, 0.6) is 0 Å². The molecule has 8 nitrogen and oxygen atoms in total. The minimum Gasteiger partial charge on any atom is -0.279 e. The van der Waals surface area contributed by atoms with Crippen LogP contribution in [0.25, 0.3) is 57.7 Å². The van der Waals surface area contributed by atoms with Crippen LogP contribution in [0.2, 0.25) is 0 Å². The highest BCUT2D eigenvalue weighted by Gasteiger charge is 2.39. The number of hydrogen-bond acceptors (Lipinski definition) is 8. The molecule has 2 aromatic heterocycles. The van der Waals surface area contributed by atoms with E-state index < -0.39 is 0 Å². The average Bonchev–Trinajstić information content (AvgIpc) is 4.05. The van der Waals surface area contributed by atoms with E-state index in [1.54, 1.807) is 25.3 Å². The van der Waals surface area contributed by atoms with Gasteiger partial charge in [-0.3, -0.25) is 9.80 Å². The van der Waals surface area contributed by atoms with Crippen LogP contribution >= 0.6 is 0 Å². The Labute approximate surface area is 438 Å². The fraction of sp³-hybridized carbons (Fsp3) is 0.134. The van der Waals surface area contributed by atoms with E-state index in [9.17, 15) is 0 Å². The second kappa shape index (κ2) is 17.5. The van der Waals surface area contributed by atoms with Crippen molar-refractivity contribution in [3.8, 4) is 33.4 Å². The van der Waals surface area contributed by atoms with Gasteiger partial charge in [0.2, 0.25) is 11.9 Å². The van der Waals surface area contributed by atoms with Crippen LogP contribution in [-0.4, -0.2) is 29.9 Å². The lowest BCUT2D eigenvalue weighted by molar-refractivity contribution is 0.660. The van der Waals surface area contributed by atoms with Crippen LogP contribution in [0.1, 0.15) is 97.2 Å². The Morgan fingerprint density at radius 2 is 0.560 bits per heavy atom. The van der Waals surface area contributed by atoms with Gasteiger partial charge in [-0.1, -0.05) is 187 Å². The fourth-order valence-corrected chi connectivity index (χ4v) is 11.9. The van der Waals surface area contributed by atoms with E-state index >= 15 is 0 Å². The van der Waals surface area contributed by atoms with E-state index in [4.69, 9.17) is 0 Å². The minimum atomic E-state index is -0.218. The molecule has 3 aliphatic carbocycles. The predicted octanol–water partition coefficient (Wildman–Crippen LogP) is 16.3. The molecule has 0 aliphatic heterocycles. The van der Waals surface area contributed by atoms with Gasteiger partial charge in [0.25, 0.3) is 0 Å². The molecule has 0 bridgehead atoms. The number of rotatable bonds is 10. The number of nitrogens with zero attached hydrogens (tertiary/aromatic N) is 8. The topological polar surface area (TPSA) is 83.8 Å². The maximum absolute atomic E-state index is 4.54. The molecule has 3 aliphatic rings. The van der Waals surface area contributed by atoms with Crippen LogP contribution < -0.4 is 9.80 Å². The van der Waals surface area contributed by atoms with E-state index in [-0.39, 0.29) is 16.2 Å². The summed E-state index contributed by atoms with van der Waals surface area (Å²) in [7, 11) is 0. The molecule has 8 aromatic carbocycles. The van der Waals surface area contributed by atoms with E-state index in [0.29, 0.717) is 11.9 Å². The number of benzene rings is 8. The van der Waals surface area contributed by atoms with Gasteiger partial charge in [-0.05, 0) is 138 Å². The number of fused-ring (bicyclic) bond motifs is 9. The third-order valence-electron chi connectivity index (χ3n) is 15.9. The molecule has 0 saturated heterocycles. The lowest BCUT2D eigenvalue weighted by Crippen LogP contribution is -2.17. The molecule has 13 rings (SSSR count). The summed E-state index contributed by atoms with van der Waals surface area (Å²) in [5, 5.41) is 0. The molecule has 0 atom stereocenters. The van der Waals surface area contributed by atoms with Crippen molar-refractivity contribution >= 4 is 59.0 Å². The second-order valence-electron chi connectivity index (χ2n) is 21.4. The summed E-state index contributed by atoms with van der Waals surface area (Å²) in [6.45, 7) is 14.0. The van der Waals surface area contributed by atoms with Crippen LogP contribution in [0.3, 0.4) is 0 Å². The molecule has 0 unspecified atom stereocenters. The van der Waals surface area contributed by atoms with Crippen molar-refractivity contribution in [1.82, 2.24) is 29.9 Å². The molecular formula is C67H54N8. The number of hydrogen-bond donors (Lipinski definition) is 0. The third kappa shape index (κ3) is 7.66. The summed E-state index contributed by atoms with van der Waals surface area (Å²) in [5.74, 6) is 1.16. The van der Waals surface area contributed by atoms with Gasteiger partial charge in [0.1, 0.15) is 25.3 Å². The van der Waals surface area contributed by atoms with Gasteiger partial charge >= 0.3 is 0 Å². The molecule has 75 heavy (non-hydrogen) atoms. The molecular weight excluding hydrogens is 917 g/mol. The summed E-state index contributed by atoms with van der Waals surface area (Å²) in [6, 6.07) is 61.7. The molecule has 0 radical (unpaired) electrons. The molecule has 0 amide bonds. The molecule has 362 valence electrons. The molecule has 0 spiro atoms. The Hall–Kier alpha value is -9.14. The van der Waals surface area contributed by atoms with Crippen molar-refractivity contribution in [3.63, 3.8) is 0 Å². The summed E-state index contributed by atoms with van der Waals surface area (Å²) in [4.78, 5) is 30.5. The Kier molecular flexibility index (Phi) is 10.7. The van der Waals surface area contributed by atoms with Crippen LogP contribution in [0.15, 0.2) is 195 Å². The molecule has 2 heterocycles. The first-order chi connectivity index (χ1) is 36.4. The molecule has 10 aromatic rings. The van der Waals surface area contributed by atoms with Crippen LogP contribution in [-0.2, 0) is 16.2 Å². The quantitative estimate of drug-likeness (QED) is 0.125. The molecule has 0 N–H and O–H groups in total. The van der Waals surface area contributed by atoms with Crippen molar-refractivity contribution < 1.29 is 0 Å². The zero-order valence-electron chi connectivity index (χ0n) is 42.9. The maximum Gasteiger partial charge on any atom is 0.237 e. The van der Waals surface area contributed by atoms with E-state index in [0.717, 1.165) is 22.7 Å². The molecule has 8 heteroatoms. The van der Waals surface area contributed by atoms with Gasteiger partial charge in [0, 0.05) is 39.0 Å². The third-order valence-corrected chi connectivity index (χ3v) is 15.9. The smallest absolute Gasteiger partial charge is 0.237 e. The normalized spacial score (nSPS) is 14.7. The highest BCUT2D eigenvalue weighted by molar-refractivity contribution is 5.89. The second-order valence-corrected chi connectivity index (χ2v) is 21.4. The minimum absolute atomic E-state index is 0.165. The van der Waals surface area contributed by atoms with Crippen LogP contribution in [0, 0.1) is 0 Å². The number of anilines is 6. The Morgan fingerprint density at radius 1 is 0.293 bits per heavy atom. The number of aromatic nitrogens is 6. The van der Waals surface area contributed by atoms with E-state index in [1.807, 2.05) is 36.4 Å². The van der Waals surface area contributed by atoms with Crippen molar-refractivity contribution in [2.45, 2.75) is 57.8 Å². The highest BCUT2D eigenvalue weighted by atomic mass is 15.3. The largest absolute Gasteiger partial charge is 0.279 e. The summed E-state index contributed by atoms with van der Waals surface area (Å²) in [5.41, 5.74) is 23.7. The Balaban J connectivity index is 0.731. The van der Waals surface area contributed by atoms with Gasteiger partial charge in [-0.15, -0.1) is 0 Å². The van der Waals surface area contributed by atoms with Crippen molar-refractivity contribution in [3.05, 3.63) is 251 Å².